The van der Waals surface area contributed by atoms with Crippen molar-refractivity contribution in [2.24, 2.45) is 11.3 Å². The molecule has 0 amide bonds. The van der Waals surface area contributed by atoms with E-state index in [2.05, 4.69) is 17.6 Å². The van der Waals surface area contributed by atoms with Gasteiger partial charge in [0, 0.05) is 6.54 Å². The average molecular weight is 210 g/mol. The van der Waals surface area contributed by atoms with Crippen molar-refractivity contribution < 1.29 is 0 Å². The lowest BCUT2D eigenvalue weighted by atomic mass is 10.0. The first-order valence-corrected chi connectivity index (χ1v) is 6.76. The molecular weight excluding hydrogens is 184 g/mol. The van der Waals surface area contributed by atoms with Crippen LogP contribution in [0.2, 0.25) is 0 Å². The second kappa shape index (κ2) is 5.31. The third-order valence-electron chi connectivity index (χ3n) is 4.34. The van der Waals surface area contributed by atoms with Crippen molar-refractivity contribution in [1.82, 2.24) is 10.6 Å². The van der Waals surface area contributed by atoms with Crippen LogP contribution in [-0.2, 0) is 0 Å². The van der Waals surface area contributed by atoms with E-state index in [1.54, 1.807) is 0 Å². The predicted octanol–water partition coefficient (Wildman–Crippen LogP) is 2.16. The summed E-state index contributed by atoms with van der Waals surface area (Å²) in [5.41, 5.74) is 0.717. The van der Waals surface area contributed by atoms with E-state index < -0.39 is 0 Å². The molecule has 1 unspecified atom stereocenters. The first-order valence-electron chi connectivity index (χ1n) is 6.76. The lowest BCUT2D eigenvalue weighted by Crippen LogP contribution is -2.25. The minimum Gasteiger partial charge on any atom is -0.316 e. The van der Waals surface area contributed by atoms with Crippen LogP contribution >= 0.6 is 0 Å². The Kier molecular flexibility index (Phi) is 4.04. The van der Waals surface area contributed by atoms with Crippen LogP contribution < -0.4 is 10.6 Å². The third-order valence-corrected chi connectivity index (χ3v) is 4.34. The molecule has 2 rings (SSSR count). The normalized spacial score (nSPS) is 28.2. The summed E-state index contributed by atoms with van der Waals surface area (Å²) >= 11 is 0. The summed E-state index contributed by atoms with van der Waals surface area (Å²) < 4.78 is 0. The summed E-state index contributed by atoms with van der Waals surface area (Å²) in [7, 11) is 0. The highest BCUT2D eigenvalue weighted by molar-refractivity contribution is 4.93. The van der Waals surface area contributed by atoms with Crippen LogP contribution in [0.5, 0.6) is 0 Å². The minimum absolute atomic E-state index is 0.717. The van der Waals surface area contributed by atoms with Crippen molar-refractivity contribution in [3.8, 4) is 0 Å². The molecule has 1 saturated heterocycles. The molecule has 0 aromatic rings. The lowest BCUT2D eigenvalue weighted by Gasteiger charge is -2.14. The van der Waals surface area contributed by atoms with Gasteiger partial charge in [0.15, 0.2) is 0 Å². The Morgan fingerprint density at radius 1 is 1.40 bits per heavy atom. The highest BCUT2D eigenvalue weighted by Gasteiger charge is 2.39. The van der Waals surface area contributed by atoms with E-state index in [0.717, 1.165) is 11.3 Å². The molecule has 2 fully saturated rings. The molecule has 1 aliphatic heterocycles. The van der Waals surface area contributed by atoms with E-state index in [-0.39, 0.29) is 0 Å². The Hall–Kier alpha value is -0.0800. The smallest absolute Gasteiger partial charge is 0.000771 e. The molecule has 2 aliphatic rings. The minimum atomic E-state index is 0.717. The fourth-order valence-electron chi connectivity index (χ4n) is 2.66. The molecule has 0 radical (unpaired) electrons. The first kappa shape index (κ1) is 11.4. The van der Waals surface area contributed by atoms with Gasteiger partial charge in [-0.2, -0.15) is 0 Å². The molecule has 1 aliphatic carbocycles. The zero-order valence-electron chi connectivity index (χ0n) is 10.1. The van der Waals surface area contributed by atoms with E-state index in [1.807, 2.05) is 0 Å². The highest BCUT2D eigenvalue weighted by atomic mass is 14.9. The molecule has 0 bridgehead atoms. The quantitative estimate of drug-likeness (QED) is 0.629. The van der Waals surface area contributed by atoms with Crippen LogP contribution in [0.15, 0.2) is 0 Å². The van der Waals surface area contributed by atoms with E-state index in [1.165, 1.54) is 64.7 Å². The molecule has 2 heteroatoms. The van der Waals surface area contributed by atoms with Gasteiger partial charge in [0.2, 0.25) is 0 Å². The number of hydrogen-bond donors (Lipinski definition) is 2. The summed E-state index contributed by atoms with van der Waals surface area (Å²) in [6.45, 7) is 7.35. The lowest BCUT2D eigenvalue weighted by molar-refractivity contribution is 0.426. The van der Waals surface area contributed by atoms with E-state index in [0.29, 0.717) is 0 Å². The van der Waals surface area contributed by atoms with Crippen molar-refractivity contribution in [3.05, 3.63) is 0 Å². The molecule has 15 heavy (non-hydrogen) atoms. The van der Waals surface area contributed by atoms with Gasteiger partial charge in [-0.05, 0) is 69.5 Å². The summed E-state index contributed by atoms with van der Waals surface area (Å²) in [4.78, 5) is 0. The zero-order chi connectivity index (χ0) is 10.6. The van der Waals surface area contributed by atoms with Crippen molar-refractivity contribution >= 4 is 0 Å². The Morgan fingerprint density at radius 3 is 2.87 bits per heavy atom. The van der Waals surface area contributed by atoms with Gasteiger partial charge in [-0.1, -0.05) is 6.92 Å². The maximum Gasteiger partial charge on any atom is 0.000771 e. The Bertz CT molecular complexity index is 181. The molecular formula is C13H26N2. The summed E-state index contributed by atoms with van der Waals surface area (Å²) in [5, 5.41) is 7.08. The van der Waals surface area contributed by atoms with Gasteiger partial charge in [0.1, 0.15) is 0 Å². The molecule has 0 aromatic carbocycles. The fourth-order valence-corrected chi connectivity index (χ4v) is 2.66. The van der Waals surface area contributed by atoms with Crippen molar-refractivity contribution in [2.75, 3.05) is 26.2 Å². The first-order chi connectivity index (χ1) is 7.35. The largest absolute Gasteiger partial charge is 0.316 e. The average Bonchev–Trinajstić information content (AvgIpc) is 2.85. The summed E-state index contributed by atoms with van der Waals surface area (Å²) in [5.74, 6) is 0.966. The molecule has 0 spiro atoms. The van der Waals surface area contributed by atoms with Gasteiger partial charge in [0.25, 0.3) is 0 Å². The number of nitrogens with one attached hydrogen (secondary N) is 2. The number of hydrogen-bond acceptors (Lipinski definition) is 2. The van der Waals surface area contributed by atoms with Crippen LogP contribution in [0, 0.1) is 11.3 Å². The van der Waals surface area contributed by atoms with E-state index in [9.17, 15) is 0 Å². The monoisotopic (exact) mass is 210 g/mol. The van der Waals surface area contributed by atoms with Crippen molar-refractivity contribution in [2.45, 2.75) is 45.4 Å². The molecule has 0 aromatic heterocycles. The predicted molar refractivity (Wildman–Crippen MR) is 65.0 cm³/mol. The fraction of sp³-hybridized carbons (Fsp3) is 1.00. The maximum atomic E-state index is 3.64. The van der Waals surface area contributed by atoms with Gasteiger partial charge in [-0.15, -0.1) is 0 Å². The van der Waals surface area contributed by atoms with Crippen LogP contribution in [0.3, 0.4) is 0 Å². The highest BCUT2D eigenvalue weighted by Crippen LogP contribution is 2.47. The molecule has 1 atom stereocenters. The number of rotatable bonds is 7. The second-order valence-electron chi connectivity index (χ2n) is 5.53. The second-order valence-corrected chi connectivity index (χ2v) is 5.53. The summed E-state index contributed by atoms with van der Waals surface area (Å²) in [6, 6.07) is 0. The molecule has 1 saturated carbocycles. The van der Waals surface area contributed by atoms with E-state index in [4.69, 9.17) is 0 Å². The van der Waals surface area contributed by atoms with Gasteiger partial charge < -0.3 is 10.6 Å². The molecule has 2 N–H and O–H groups in total. The molecule has 88 valence electrons. The van der Waals surface area contributed by atoms with Crippen molar-refractivity contribution in [1.29, 1.82) is 0 Å². The Morgan fingerprint density at radius 2 is 2.27 bits per heavy atom. The Balaban J connectivity index is 1.45. The Labute approximate surface area is 94.2 Å². The van der Waals surface area contributed by atoms with Gasteiger partial charge in [-0.25, -0.2) is 0 Å². The third kappa shape index (κ3) is 3.46. The van der Waals surface area contributed by atoms with Gasteiger partial charge >= 0.3 is 0 Å². The summed E-state index contributed by atoms with van der Waals surface area (Å²) in [6.07, 6.45) is 8.47. The maximum absolute atomic E-state index is 3.64. The van der Waals surface area contributed by atoms with Gasteiger partial charge in [-0.3, -0.25) is 0 Å². The standard InChI is InChI=1S/C13H26N2/c1-2-13(6-7-13)11-15-8-3-4-12-5-9-14-10-12/h12,14-15H,2-11H2,1H3. The van der Waals surface area contributed by atoms with Gasteiger partial charge in [0.05, 0.1) is 0 Å². The van der Waals surface area contributed by atoms with Crippen LogP contribution in [-0.4, -0.2) is 26.2 Å². The molecule has 2 nitrogen and oxygen atoms in total. The van der Waals surface area contributed by atoms with Crippen LogP contribution in [0.25, 0.3) is 0 Å². The van der Waals surface area contributed by atoms with E-state index >= 15 is 0 Å². The molecule has 1 heterocycles. The SMILES string of the molecule is CCC1(CNCCCC2CCNC2)CC1. The topological polar surface area (TPSA) is 24.1 Å². The zero-order valence-corrected chi connectivity index (χ0v) is 10.1. The van der Waals surface area contributed by atoms with Crippen LogP contribution in [0.4, 0.5) is 0 Å². The van der Waals surface area contributed by atoms with Crippen molar-refractivity contribution in [3.63, 3.8) is 0 Å². The van der Waals surface area contributed by atoms with Crippen LogP contribution in [0.1, 0.15) is 45.4 Å².